The van der Waals surface area contributed by atoms with Crippen LogP contribution in [0.5, 0.6) is 0 Å². The molecule has 0 heterocycles. The summed E-state index contributed by atoms with van der Waals surface area (Å²) in [5.41, 5.74) is 0.0470. The highest BCUT2D eigenvalue weighted by molar-refractivity contribution is 7.99. The average Bonchev–Trinajstić information content (AvgIpc) is 2.10. The van der Waals surface area contributed by atoms with E-state index in [9.17, 15) is 0 Å². The molecule has 0 aromatic rings. The van der Waals surface area contributed by atoms with Crippen molar-refractivity contribution in [2.75, 3.05) is 19.8 Å². The van der Waals surface area contributed by atoms with E-state index in [0.717, 1.165) is 12.5 Å². The zero-order valence-electron chi connectivity index (χ0n) is 11.1. The SMILES string of the molecule is CN=C(NCC(C)(C)SC)NC(C)(C)C. The normalized spacial score (nSPS) is 13.9. The summed E-state index contributed by atoms with van der Waals surface area (Å²) in [4.78, 5) is 4.20. The molecular weight excluding hydrogens is 206 g/mol. The van der Waals surface area contributed by atoms with E-state index in [1.54, 1.807) is 7.05 Å². The molecule has 0 bridgehead atoms. The third-order valence-electron chi connectivity index (χ3n) is 1.95. The van der Waals surface area contributed by atoms with Crippen LogP contribution in [0.3, 0.4) is 0 Å². The van der Waals surface area contributed by atoms with Gasteiger partial charge in [-0.25, -0.2) is 0 Å². The Morgan fingerprint density at radius 2 is 1.73 bits per heavy atom. The van der Waals surface area contributed by atoms with Gasteiger partial charge in [0.05, 0.1) is 0 Å². The van der Waals surface area contributed by atoms with Crippen LogP contribution in [0, 0.1) is 0 Å². The largest absolute Gasteiger partial charge is 0.355 e. The van der Waals surface area contributed by atoms with Gasteiger partial charge in [0, 0.05) is 23.9 Å². The topological polar surface area (TPSA) is 36.4 Å². The first-order valence-corrected chi connectivity index (χ1v) is 6.47. The van der Waals surface area contributed by atoms with Crippen molar-refractivity contribution in [3.63, 3.8) is 0 Å². The van der Waals surface area contributed by atoms with Crippen LogP contribution < -0.4 is 10.6 Å². The fraction of sp³-hybridized carbons (Fsp3) is 0.909. The molecule has 4 heteroatoms. The molecule has 0 atom stereocenters. The predicted octanol–water partition coefficient (Wildman–Crippen LogP) is 2.09. The summed E-state index contributed by atoms with van der Waals surface area (Å²) in [6, 6.07) is 0. The number of thioether (sulfide) groups is 1. The first kappa shape index (κ1) is 14.6. The first-order valence-electron chi connectivity index (χ1n) is 5.24. The minimum atomic E-state index is 0.0470. The lowest BCUT2D eigenvalue weighted by molar-refractivity contribution is 0.498. The summed E-state index contributed by atoms with van der Waals surface area (Å²) in [7, 11) is 1.80. The Morgan fingerprint density at radius 1 is 1.20 bits per heavy atom. The summed E-state index contributed by atoms with van der Waals surface area (Å²) >= 11 is 1.85. The van der Waals surface area contributed by atoms with E-state index in [4.69, 9.17) is 0 Å². The molecule has 15 heavy (non-hydrogen) atoms. The molecule has 0 aliphatic carbocycles. The molecule has 0 rings (SSSR count). The van der Waals surface area contributed by atoms with Crippen LogP contribution in [0.4, 0.5) is 0 Å². The van der Waals surface area contributed by atoms with E-state index in [-0.39, 0.29) is 10.3 Å². The number of rotatable bonds is 3. The second-order valence-electron chi connectivity index (χ2n) is 5.26. The van der Waals surface area contributed by atoms with Crippen LogP contribution in [0.15, 0.2) is 4.99 Å². The molecule has 0 spiro atoms. The van der Waals surface area contributed by atoms with Gasteiger partial charge in [-0.3, -0.25) is 4.99 Å². The Kier molecular flexibility index (Phi) is 5.49. The lowest BCUT2D eigenvalue weighted by Gasteiger charge is -2.27. The summed E-state index contributed by atoms with van der Waals surface area (Å²) in [6.45, 7) is 11.7. The number of hydrogen-bond donors (Lipinski definition) is 2. The standard InChI is InChI=1S/C11H25N3S/c1-10(2,3)14-9(12-6)13-8-11(4,5)15-7/h8H2,1-7H3,(H2,12,13,14). The Bertz CT molecular complexity index is 216. The summed E-state index contributed by atoms with van der Waals surface area (Å²) in [5, 5.41) is 6.67. The predicted molar refractivity (Wildman–Crippen MR) is 71.8 cm³/mol. The Labute approximate surface area is 98.5 Å². The summed E-state index contributed by atoms with van der Waals surface area (Å²) < 4.78 is 0.232. The second-order valence-corrected chi connectivity index (χ2v) is 6.78. The van der Waals surface area contributed by atoms with Crippen molar-refractivity contribution < 1.29 is 0 Å². The molecule has 3 nitrogen and oxygen atoms in total. The Hall–Kier alpha value is -0.380. The molecule has 0 amide bonds. The number of aliphatic imine (C=N–C) groups is 1. The van der Waals surface area contributed by atoms with Gasteiger partial charge in [-0.1, -0.05) is 0 Å². The van der Waals surface area contributed by atoms with Gasteiger partial charge in [-0.2, -0.15) is 11.8 Å². The van der Waals surface area contributed by atoms with E-state index < -0.39 is 0 Å². The van der Waals surface area contributed by atoms with Crippen LogP contribution in [-0.2, 0) is 0 Å². The molecule has 2 N–H and O–H groups in total. The highest BCUT2D eigenvalue weighted by Gasteiger charge is 2.17. The molecule has 0 unspecified atom stereocenters. The number of nitrogens with one attached hydrogen (secondary N) is 2. The van der Waals surface area contributed by atoms with Crippen molar-refractivity contribution >= 4 is 17.7 Å². The Morgan fingerprint density at radius 3 is 2.07 bits per heavy atom. The molecule has 0 aromatic carbocycles. The van der Waals surface area contributed by atoms with Gasteiger partial charge >= 0.3 is 0 Å². The fourth-order valence-corrected chi connectivity index (χ4v) is 1.12. The van der Waals surface area contributed by atoms with Gasteiger partial charge in [-0.15, -0.1) is 0 Å². The smallest absolute Gasteiger partial charge is 0.191 e. The molecule has 0 saturated carbocycles. The Balaban J connectivity index is 4.15. The van der Waals surface area contributed by atoms with E-state index in [2.05, 4.69) is 56.5 Å². The van der Waals surface area contributed by atoms with Crippen LogP contribution in [0.1, 0.15) is 34.6 Å². The van der Waals surface area contributed by atoms with Crippen LogP contribution >= 0.6 is 11.8 Å². The quantitative estimate of drug-likeness (QED) is 0.577. The minimum Gasteiger partial charge on any atom is -0.355 e. The van der Waals surface area contributed by atoms with E-state index in [0.29, 0.717) is 0 Å². The van der Waals surface area contributed by atoms with Crippen LogP contribution in [-0.4, -0.2) is 36.1 Å². The fourth-order valence-electron chi connectivity index (χ4n) is 0.903. The lowest BCUT2D eigenvalue weighted by Crippen LogP contribution is -2.50. The van der Waals surface area contributed by atoms with Crippen LogP contribution in [0.2, 0.25) is 0 Å². The number of guanidine groups is 1. The molecule has 0 aromatic heterocycles. The molecular formula is C11H25N3S. The van der Waals surface area contributed by atoms with Gasteiger partial charge in [0.15, 0.2) is 5.96 Å². The zero-order chi connectivity index (χ0) is 12.1. The van der Waals surface area contributed by atoms with Gasteiger partial charge in [0.2, 0.25) is 0 Å². The second kappa shape index (κ2) is 5.64. The third kappa shape index (κ3) is 7.54. The van der Waals surface area contributed by atoms with Crippen molar-refractivity contribution in [2.45, 2.75) is 44.9 Å². The number of hydrogen-bond acceptors (Lipinski definition) is 2. The highest BCUT2D eigenvalue weighted by atomic mass is 32.2. The van der Waals surface area contributed by atoms with Gasteiger partial charge in [-0.05, 0) is 40.9 Å². The lowest BCUT2D eigenvalue weighted by atomic mass is 10.1. The van der Waals surface area contributed by atoms with Gasteiger partial charge < -0.3 is 10.6 Å². The zero-order valence-corrected chi connectivity index (χ0v) is 11.9. The molecule has 0 saturated heterocycles. The molecule has 0 aliphatic rings. The maximum Gasteiger partial charge on any atom is 0.191 e. The van der Waals surface area contributed by atoms with Crippen molar-refractivity contribution in [1.29, 1.82) is 0 Å². The minimum absolute atomic E-state index is 0.0470. The van der Waals surface area contributed by atoms with Gasteiger partial charge in [0.25, 0.3) is 0 Å². The van der Waals surface area contributed by atoms with Crippen LogP contribution in [0.25, 0.3) is 0 Å². The monoisotopic (exact) mass is 231 g/mol. The highest BCUT2D eigenvalue weighted by Crippen LogP contribution is 2.19. The maximum atomic E-state index is 4.20. The van der Waals surface area contributed by atoms with Crippen molar-refractivity contribution in [3.8, 4) is 0 Å². The van der Waals surface area contributed by atoms with E-state index in [1.807, 2.05) is 11.8 Å². The molecule has 0 radical (unpaired) electrons. The van der Waals surface area contributed by atoms with E-state index in [1.165, 1.54) is 0 Å². The van der Waals surface area contributed by atoms with Gasteiger partial charge in [0.1, 0.15) is 0 Å². The molecule has 90 valence electrons. The summed E-state index contributed by atoms with van der Waals surface area (Å²) in [5.74, 6) is 0.865. The third-order valence-corrected chi connectivity index (χ3v) is 3.20. The molecule has 0 aliphatic heterocycles. The average molecular weight is 231 g/mol. The molecule has 0 fully saturated rings. The first-order chi connectivity index (χ1) is 6.70. The maximum absolute atomic E-state index is 4.20. The van der Waals surface area contributed by atoms with E-state index >= 15 is 0 Å². The summed E-state index contributed by atoms with van der Waals surface area (Å²) in [6.07, 6.45) is 2.13. The number of nitrogens with zero attached hydrogens (tertiary/aromatic N) is 1. The van der Waals surface area contributed by atoms with Crippen molar-refractivity contribution in [2.24, 2.45) is 4.99 Å². The van der Waals surface area contributed by atoms with Crippen molar-refractivity contribution in [1.82, 2.24) is 10.6 Å². The van der Waals surface area contributed by atoms with Crippen molar-refractivity contribution in [3.05, 3.63) is 0 Å².